The second-order valence-corrected chi connectivity index (χ2v) is 8.38. The molecule has 184 valence electrons. The molecule has 6 nitrogen and oxygen atoms in total. The molecule has 0 saturated carbocycles. The van der Waals surface area contributed by atoms with E-state index in [9.17, 15) is 22.4 Å². The highest BCUT2D eigenvalue weighted by Gasteiger charge is 2.31. The summed E-state index contributed by atoms with van der Waals surface area (Å²) in [6.07, 6.45) is -0.639. The van der Waals surface area contributed by atoms with E-state index in [0.717, 1.165) is 62.1 Å². The van der Waals surface area contributed by atoms with Gasteiger partial charge in [0.25, 0.3) is 5.91 Å². The van der Waals surface area contributed by atoms with Gasteiger partial charge in [-0.25, -0.2) is 9.37 Å². The van der Waals surface area contributed by atoms with Crippen molar-refractivity contribution in [1.29, 1.82) is 0 Å². The van der Waals surface area contributed by atoms with Crippen LogP contribution in [0.3, 0.4) is 0 Å². The topological polar surface area (TPSA) is 67.3 Å². The summed E-state index contributed by atoms with van der Waals surface area (Å²) in [5.41, 5.74) is 0.165. The highest BCUT2D eigenvalue weighted by molar-refractivity contribution is 6.04. The fourth-order valence-electron chi connectivity index (χ4n) is 4.01. The standard InChI is InChI=1S/C26H20F4N4O2/c27-18-11-19(32-25(35)16-4-3-5-17(10-16)26(28,29)30)13-21(12-18)36-20-6-7-22-23(14-20)33-24(15-31-22)34-8-1-2-9-34/h3-7,10-15H,1-2,8-9H2,(H,32,35). The minimum atomic E-state index is -4.59. The summed E-state index contributed by atoms with van der Waals surface area (Å²) in [5, 5.41) is 2.42. The van der Waals surface area contributed by atoms with Gasteiger partial charge in [0.15, 0.2) is 0 Å². The van der Waals surface area contributed by atoms with Crippen LogP contribution in [0.5, 0.6) is 11.5 Å². The number of carbonyl (C=O) groups is 1. The fraction of sp³-hybridized carbons (Fsp3) is 0.192. The first-order valence-corrected chi connectivity index (χ1v) is 11.2. The van der Waals surface area contributed by atoms with Crippen LogP contribution < -0.4 is 15.0 Å². The van der Waals surface area contributed by atoms with Gasteiger partial charge in [0.2, 0.25) is 0 Å². The van der Waals surface area contributed by atoms with E-state index in [4.69, 9.17) is 4.74 Å². The monoisotopic (exact) mass is 496 g/mol. The molecule has 1 aliphatic heterocycles. The molecule has 0 spiro atoms. The first-order chi connectivity index (χ1) is 17.2. The molecule has 1 N–H and O–H groups in total. The first-order valence-electron chi connectivity index (χ1n) is 11.2. The Hall–Kier alpha value is -4.21. The lowest BCUT2D eigenvalue weighted by molar-refractivity contribution is -0.137. The largest absolute Gasteiger partial charge is 0.457 e. The highest BCUT2D eigenvalue weighted by Crippen LogP contribution is 2.31. The van der Waals surface area contributed by atoms with E-state index < -0.39 is 23.5 Å². The lowest BCUT2D eigenvalue weighted by atomic mass is 10.1. The van der Waals surface area contributed by atoms with Gasteiger partial charge < -0.3 is 15.0 Å². The normalized spacial score (nSPS) is 13.7. The molecule has 5 rings (SSSR count). The summed E-state index contributed by atoms with van der Waals surface area (Å²) >= 11 is 0. The van der Waals surface area contributed by atoms with Crippen molar-refractivity contribution in [2.75, 3.05) is 23.3 Å². The highest BCUT2D eigenvalue weighted by atomic mass is 19.4. The molecule has 36 heavy (non-hydrogen) atoms. The number of rotatable bonds is 5. The predicted octanol–water partition coefficient (Wildman–Crippen LogP) is 6.43. The number of anilines is 2. The van der Waals surface area contributed by atoms with Gasteiger partial charge in [-0.15, -0.1) is 0 Å². The van der Waals surface area contributed by atoms with Gasteiger partial charge in [-0.3, -0.25) is 9.78 Å². The molecular weight excluding hydrogens is 476 g/mol. The van der Waals surface area contributed by atoms with Gasteiger partial charge in [-0.2, -0.15) is 13.2 Å². The number of hydrogen-bond acceptors (Lipinski definition) is 5. The third-order valence-electron chi connectivity index (χ3n) is 5.75. The molecule has 1 fully saturated rings. The van der Waals surface area contributed by atoms with Gasteiger partial charge >= 0.3 is 6.18 Å². The summed E-state index contributed by atoms with van der Waals surface area (Å²) in [6.45, 7) is 1.85. The lowest BCUT2D eigenvalue weighted by Crippen LogP contribution is -2.19. The zero-order valence-corrected chi connectivity index (χ0v) is 18.8. The molecule has 2 heterocycles. The zero-order chi connectivity index (χ0) is 25.3. The van der Waals surface area contributed by atoms with E-state index in [0.29, 0.717) is 16.8 Å². The van der Waals surface area contributed by atoms with Crippen LogP contribution in [-0.2, 0) is 6.18 Å². The number of aromatic nitrogens is 2. The maximum absolute atomic E-state index is 14.3. The van der Waals surface area contributed by atoms with Crippen LogP contribution in [0.4, 0.5) is 29.1 Å². The molecule has 1 amide bonds. The molecule has 1 saturated heterocycles. The van der Waals surface area contributed by atoms with Crippen LogP contribution in [0.15, 0.2) is 66.9 Å². The second kappa shape index (κ2) is 9.44. The Balaban J connectivity index is 1.35. The number of amides is 1. The molecule has 0 atom stereocenters. The zero-order valence-electron chi connectivity index (χ0n) is 18.8. The number of nitrogens with zero attached hydrogens (tertiary/aromatic N) is 3. The number of benzene rings is 3. The first kappa shape index (κ1) is 23.5. The van der Waals surface area contributed by atoms with Crippen molar-refractivity contribution in [1.82, 2.24) is 9.97 Å². The Bertz CT molecular complexity index is 1440. The minimum absolute atomic E-state index is 0.0318. The van der Waals surface area contributed by atoms with E-state index in [2.05, 4.69) is 20.2 Å². The van der Waals surface area contributed by atoms with Crippen molar-refractivity contribution < 1.29 is 27.1 Å². The Morgan fingerprint density at radius 2 is 1.75 bits per heavy atom. The molecule has 4 aromatic rings. The molecule has 0 aliphatic carbocycles. The van der Waals surface area contributed by atoms with E-state index in [1.165, 1.54) is 12.1 Å². The van der Waals surface area contributed by atoms with Gasteiger partial charge in [-0.1, -0.05) is 6.07 Å². The van der Waals surface area contributed by atoms with Crippen molar-refractivity contribution >= 4 is 28.4 Å². The van der Waals surface area contributed by atoms with Gasteiger partial charge in [0, 0.05) is 42.5 Å². The average molecular weight is 496 g/mol. The smallest absolute Gasteiger partial charge is 0.416 e. The average Bonchev–Trinajstić information content (AvgIpc) is 3.38. The van der Waals surface area contributed by atoms with E-state index in [1.807, 2.05) is 0 Å². The third kappa shape index (κ3) is 5.22. The van der Waals surface area contributed by atoms with Crippen LogP contribution in [0.1, 0.15) is 28.8 Å². The molecule has 1 aliphatic rings. The Labute approximate surface area is 203 Å². The molecular formula is C26H20F4N4O2. The Kier molecular flexibility index (Phi) is 6.17. The van der Waals surface area contributed by atoms with Crippen molar-refractivity contribution in [2.45, 2.75) is 19.0 Å². The summed E-state index contributed by atoms with van der Waals surface area (Å²) in [6, 6.07) is 12.6. The second-order valence-electron chi connectivity index (χ2n) is 8.38. The SMILES string of the molecule is O=C(Nc1cc(F)cc(Oc2ccc3ncc(N4CCCC4)nc3c2)c1)c1cccc(C(F)(F)F)c1. The quantitative estimate of drug-likeness (QED) is 0.323. The van der Waals surface area contributed by atoms with Gasteiger partial charge in [0.05, 0.1) is 22.8 Å². The van der Waals surface area contributed by atoms with E-state index >= 15 is 0 Å². The molecule has 1 aromatic heterocycles. The molecule has 0 unspecified atom stereocenters. The number of alkyl halides is 3. The molecule has 0 bridgehead atoms. The van der Waals surface area contributed by atoms with Crippen LogP contribution >= 0.6 is 0 Å². The van der Waals surface area contributed by atoms with Crippen molar-refractivity contribution in [2.24, 2.45) is 0 Å². The summed E-state index contributed by atoms with van der Waals surface area (Å²) in [5.74, 6) is -0.243. The number of fused-ring (bicyclic) bond motifs is 1. The Morgan fingerprint density at radius 1 is 0.944 bits per heavy atom. The van der Waals surface area contributed by atoms with Crippen LogP contribution in [0.2, 0.25) is 0 Å². The number of nitrogens with one attached hydrogen (secondary N) is 1. The maximum atomic E-state index is 14.3. The van der Waals surface area contributed by atoms with Gasteiger partial charge in [-0.05, 0) is 49.2 Å². The van der Waals surface area contributed by atoms with E-state index in [1.54, 1.807) is 24.4 Å². The third-order valence-corrected chi connectivity index (χ3v) is 5.75. The van der Waals surface area contributed by atoms with Crippen LogP contribution in [0, 0.1) is 5.82 Å². The number of hydrogen-bond donors (Lipinski definition) is 1. The van der Waals surface area contributed by atoms with Crippen LogP contribution in [0.25, 0.3) is 11.0 Å². The molecule has 10 heteroatoms. The summed E-state index contributed by atoms with van der Waals surface area (Å²) in [7, 11) is 0. The number of halogens is 4. The minimum Gasteiger partial charge on any atom is -0.457 e. The van der Waals surface area contributed by atoms with Crippen molar-refractivity contribution in [3.63, 3.8) is 0 Å². The number of ether oxygens (including phenoxy) is 1. The van der Waals surface area contributed by atoms with Crippen molar-refractivity contribution in [3.05, 3.63) is 83.8 Å². The maximum Gasteiger partial charge on any atom is 0.416 e. The van der Waals surface area contributed by atoms with Crippen LogP contribution in [-0.4, -0.2) is 29.0 Å². The lowest BCUT2D eigenvalue weighted by Gasteiger charge is -2.16. The molecule has 3 aromatic carbocycles. The fourth-order valence-corrected chi connectivity index (χ4v) is 4.01. The predicted molar refractivity (Wildman–Crippen MR) is 127 cm³/mol. The number of carbonyl (C=O) groups excluding carboxylic acids is 1. The summed E-state index contributed by atoms with van der Waals surface area (Å²) < 4.78 is 59.0. The van der Waals surface area contributed by atoms with Gasteiger partial charge in [0.1, 0.15) is 23.1 Å². The molecule has 0 radical (unpaired) electrons. The van der Waals surface area contributed by atoms with Crippen molar-refractivity contribution in [3.8, 4) is 11.5 Å². The Morgan fingerprint density at radius 3 is 2.53 bits per heavy atom. The summed E-state index contributed by atoms with van der Waals surface area (Å²) in [4.78, 5) is 23.8. The van der Waals surface area contributed by atoms with E-state index in [-0.39, 0.29) is 17.0 Å².